The average molecular weight is 567 g/mol. The molecule has 0 aromatic heterocycles. The van der Waals surface area contributed by atoms with Gasteiger partial charge in [-0.2, -0.15) is 0 Å². The fourth-order valence-corrected chi connectivity index (χ4v) is 5.37. The van der Waals surface area contributed by atoms with Crippen LogP contribution >= 0.6 is 0 Å². The number of rotatable bonds is 35. The van der Waals surface area contributed by atoms with E-state index < -0.39 is 0 Å². The summed E-state index contributed by atoms with van der Waals surface area (Å²) in [6, 6.07) is 0. The van der Waals surface area contributed by atoms with Gasteiger partial charge in [-0.05, 0) is 38.5 Å². The van der Waals surface area contributed by atoms with Gasteiger partial charge in [-0.25, -0.2) is 0 Å². The van der Waals surface area contributed by atoms with Crippen LogP contribution in [0.1, 0.15) is 194 Å². The summed E-state index contributed by atoms with van der Waals surface area (Å²) < 4.78 is 11.6. The van der Waals surface area contributed by atoms with Crippen LogP contribution in [0.2, 0.25) is 0 Å². The molecule has 0 aromatic carbocycles. The fourth-order valence-electron chi connectivity index (χ4n) is 5.37. The second-order valence-corrected chi connectivity index (χ2v) is 12.3. The summed E-state index contributed by atoms with van der Waals surface area (Å²) in [6.45, 7) is 6.70. The lowest BCUT2D eigenvalue weighted by molar-refractivity contribution is -0.0437. The first kappa shape index (κ1) is 39.6. The lowest BCUT2D eigenvalue weighted by Crippen LogP contribution is -2.24. The first-order valence-electron chi connectivity index (χ1n) is 18.3. The first-order valence-corrected chi connectivity index (χ1v) is 18.3. The molecule has 1 atom stereocenters. The third-order valence-corrected chi connectivity index (χ3v) is 8.16. The van der Waals surface area contributed by atoms with Crippen molar-refractivity contribution in [2.75, 3.05) is 26.4 Å². The van der Waals surface area contributed by atoms with E-state index in [1.54, 1.807) is 0 Å². The summed E-state index contributed by atoms with van der Waals surface area (Å²) in [5, 5.41) is 9.58. The summed E-state index contributed by atoms with van der Waals surface area (Å²) >= 11 is 0. The summed E-state index contributed by atoms with van der Waals surface area (Å²) in [5.41, 5.74) is 0. The Morgan fingerprint density at radius 2 is 0.800 bits per heavy atom. The third kappa shape index (κ3) is 33.8. The lowest BCUT2D eigenvalue weighted by atomic mass is 10.0. The monoisotopic (exact) mass is 567 g/mol. The largest absolute Gasteiger partial charge is 0.394 e. The van der Waals surface area contributed by atoms with Crippen LogP contribution in [0.3, 0.4) is 0 Å². The van der Waals surface area contributed by atoms with Gasteiger partial charge in [0.2, 0.25) is 0 Å². The Kier molecular flexibility index (Phi) is 36.3. The number of allylic oxidation sites excluding steroid dienone is 2. The molecule has 0 rings (SSSR count). The van der Waals surface area contributed by atoms with Crippen molar-refractivity contribution in [3.8, 4) is 0 Å². The van der Waals surface area contributed by atoms with Crippen molar-refractivity contribution in [3.05, 3.63) is 12.2 Å². The average Bonchev–Trinajstić information content (AvgIpc) is 2.97. The molecule has 0 aliphatic rings. The molecule has 0 amide bonds. The van der Waals surface area contributed by atoms with Gasteiger partial charge in [0.15, 0.2) is 0 Å². The van der Waals surface area contributed by atoms with Crippen LogP contribution in [0.25, 0.3) is 0 Å². The van der Waals surface area contributed by atoms with Gasteiger partial charge in [0, 0.05) is 13.2 Å². The van der Waals surface area contributed by atoms with Crippen LogP contribution in [0, 0.1) is 0 Å². The molecular weight excluding hydrogens is 492 g/mol. The molecule has 0 spiro atoms. The van der Waals surface area contributed by atoms with Gasteiger partial charge in [-0.1, -0.05) is 167 Å². The highest BCUT2D eigenvalue weighted by Crippen LogP contribution is 2.13. The predicted molar refractivity (Wildman–Crippen MR) is 177 cm³/mol. The van der Waals surface area contributed by atoms with E-state index in [0.29, 0.717) is 6.61 Å². The van der Waals surface area contributed by atoms with Crippen LogP contribution in [-0.4, -0.2) is 37.6 Å². The molecule has 0 fully saturated rings. The quantitative estimate of drug-likeness (QED) is 0.0612. The van der Waals surface area contributed by atoms with Gasteiger partial charge in [0.25, 0.3) is 0 Å². The number of hydrogen-bond donors (Lipinski definition) is 1. The Morgan fingerprint density at radius 1 is 0.450 bits per heavy atom. The van der Waals surface area contributed by atoms with E-state index in [0.717, 1.165) is 26.1 Å². The SMILES string of the molecule is CCCCCCCC/C=C\CCCCCCCCO[C@@H](CO)COCCCCCCCCCCCCCCCC. The van der Waals surface area contributed by atoms with E-state index in [4.69, 9.17) is 9.47 Å². The smallest absolute Gasteiger partial charge is 0.104 e. The van der Waals surface area contributed by atoms with Crippen LogP contribution in [0.5, 0.6) is 0 Å². The molecule has 0 aromatic rings. The third-order valence-electron chi connectivity index (χ3n) is 8.16. The highest BCUT2D eigenvalue weighted by molar-refractivity contribution is 4.81. The number of unbranched alkanes of at least 4 members (excludes halogenated alkanes) is 25. The zero-order valence-corrected chi connectivity index (χ0v) is 27.6. The number of aliphatic hydroxyl groups excluding tert-OH is 1. The minimum atomic E-state index is -0.158. The molecule has 3 nitrogen and oxygen atoms in total. The van der Waals surface area contributed by atoms with Crippen molar-refractivity contribution in [1.82, 2.24) is 0 Å². The molecule has 3 heteroatoms. The Morgan fingerprint density at radius 3 is 1.20 bits per heavy atom. The second kappa shape index (κ2) is 36.6. The minimum absolute atomic E-state index is 0.0606. The lowest BCUT2D eigenvalue weighted by Gasteiger charge is -2.15. The molecule has 240 valence electrons. The zero-order valence-electron chi connectivity index (χ0n) is 27.6. The summed E-state index contributed by atoms with van der Waals surface area (Å²) in [7, 11) is 0. The van der Waals surface area contributed by atoms with Crippen molar-refractivity contribution in [1.29, 1.82) is 0 Å². The van der Waals surface area contributed by atoms with Crippen molar-refractivity contribution in [2.45, 2.75) is 200 Å². The Hall–Kier alpha value is -0.380. The van der Waals surface area contributed by atoms with E-state index in [-0.39, 0.29) is 12.7 Å². The van der Waals surface area contributed by atoms with Gasteiger partial charge in [-0.3, -0.25) is 0 Å². The molecule has 40 heavy (non-hydrogen) atoms. The van der Waals surface area contributed by atoms with Gasteiger partial charge in [-0.15, -0.1) is 0 Å². The van der Waals surface area contributed by atoms with Crippen LogP contribution in [-0.2, 0) is 9.47 Å². The Balaban J connectivity index is 3.29. The topological polar surface area (TPSA) is 38.7 Å². The van der Waals surface area contributed by atoms with Gasteiger partial charge in [0.1, 0.15) is 6.10 Å². The van der Waals surface area contributed by atoms with E-state index in [9.17, 15) is 5.11 Å². The molecular formula is C37H74O3. The summed E-state index contributed by atoms with van der Waals surface area (Å²) in [4.78, 5) is 0. The number of aliphatic hydroxyl groups is 1. The van der Waals surface area contributed by atoms with Gasteiger partial charge >= 0.3 is 0 Å². The summed E-state index contributed by atoms with van der Waals surface area (Å²) in [6.07, 6.45) is 42.4. The van der Waals surface area contributed by atoms with E-state index in [2.05, 4.69) is 26.0 Å². The maximum absolute atomic E-state index is 9.58. The number of hydrogen-bond acceptors (Lipinski definition) is 3. The molecule has 0 heterocycles. The minimum Gasteiger partial charge on any atom is -0.394 e. The van der Waals surface area contributed by atoms with Crippen molar-refractivity contribution in [2.24, 2.45) is 0 Å². The van der Waals surface area contributed by atoms with Crippen LogP contribution in [0.4, 0.5) is 0 Å². The zero-order chi connectivity index (χ0) is 29.0. The van der Waals surface area contributed by atoms with Crippen molar-refractivity contribution < 1.29 is 14.6 Å². The Bertz CT molecular complexity index is 464. The van der Waals surface area contributed by atoms with Gasteiger partial charge < -0.3 is 14.6 Å². The van der Waals surface area contributed by atoms with E-state index in [1.165, 1.54) is 167 Å². The fraction of sp³-hybridized carbons (Fsp3) is 0.946. The van der Waals surface area contributed by atoms with Crippen molar-refractivity contribution >= 4 is 0 Å². The highest BCUT2D eigenvalue weighted by atomic mass is 16.5. The maximum Gasteiger partial charge on any atom is 0.104 e. The van der Waals surface area contributed by atoms with Gasteiger partial charge in [0.05, 0.1) is 13.2 Å². The predicted octanol–water partition coefficient (Wildman–Crippen LogP) is 11.9. The molecule has 0 saturated heterocycles. The number of ether oxygens (including phenoxy) is 2. The highest BCUT2D eigenvalue weighted by Gasteiger charge is 2.07. The normalized spacial score (nSPS) is 12.6. The van der Waals surface area contributed by atoms with Crippen LogP contribution < -0.4 is 0 Å². The molecule has 0 unspecified atom stereocenters. The molecule has 1 N–H and O–H groups in total. The first-order chi connectivity index (χ1) is 19.8. The maximum atomic E-state index is 9.58. The molecule has 0 bridgehead atoms. The molecule has 0 aliphatic heterocycles. The van der Waals surface area contributed by atoms with Crippen molar-refractivity contribution in [3.63, 3.8) is 0 Å². The summed E-state index contributed by atoms with van der Waals surface area (Å²) in [5.74, 6) is 0. The van der Waals surface area contributed by atoms with E-state index >= 15 is 0 Å². The van der Waals surface area contributed by atoms with E-state index in [1.807, 2.05) is 0 Å². The Labute approximate surface area is 252 Å². The standard InChI is InChI=1S/C37H74O3/c1-3-5-7-9-11-13-15-17-19-20-22-24-26-28-30-32-34-40-37(35-38)36-39-33-31-29-27-25-23-21-18-16-14-12-10-8-6-4-2/h17,19,37-38H,3-16,18,20-36H2,1-2H3/b19-17-/t37-/m0/s1. The second-order valence-electron chi connectivity index (χ2n) is 12.3. The molecule has 0 radical (unpaired) electrons. The van der Waals surface area contributed by atoms with Crippen LogP contribution in [0.15, 0.2) is 12.2 Å². The molecule has 0 saturated carbocycles. The molecule has 0 aliphatic carbocycles.